The van der Waals surface area contributed by atoms with E-state index in [1.165, 1.54) is 9.80 Å². The van der Waals surface area contributed by atoms with Gasteiger partial charge in [0.1, 0.15) is 0 Å². The van der Waals surface area contributed by atoms with Gasteiger partial charge in [0.05, 0.1) is 18.3 Å². The Balaban J connectivity index is 0.00000218. The van der Waals surface area contributed by atoms with Crippen molar-refractivity contribution in [1.82, 2.24) is 20.0 Å². The van der Waals surface area contributed by atoms with Gasteiger partial charge in [0.25, 0.3) is 0 Å². The van der Waals surface area contributed by atoms with Gasteiger partial charge in [0, 0.05) is 32.7 Å². The zero-order valence-corrected chi connectivity index (χ0v) is 17.9. The number of carboxylic acids is 1. The molecule has 0 spiro atoms. The molecule has 0 aromatic rings. The first kappa shape index (κ1) is 25.1. The van der Waals surface area contributed by atoms with E-state index in [4.69, 9.17) is 10.5 Å². The summed E-state index contributed by atoms with van der Waals surface area (Å²) in [6.07, 6.45) is 0.402. The molecule has 0 aromatic heterocycles. The normalized spacial score (nSPS) is 20.5. The molecule has 30 heavy (non-hydrogen) atoms. The zero-order valence-electron chi connectivity index (χ0n) is 17.9. The smallest absolute Gasteiger partial charge is 0.409 e. The molecule has 0 aromatic carbocycles. The number of nitrogens with one attached hydrogen (secondary N) is 1. The van der Waals surface area contributed by atoms with Gasteiger partial charge in [-0.15, -0.1) is 0 Å². The molecule has 11 heteroatoms. The largest absolute Gasteiger partial charge is 0.480 e. The number of carboxylic acid groups (broad SMARTS) is 1. The Labute approximate surface area is 176 Å². The fourth-order valence-corrected chi connectivity index (χ4v) is 3.34. The van der Waals surface area contributed by atoms with Gasteiger partial charge in [0.2, 0.25) is 5.91 Å². The molecule has 4 N–H and O–H groups in total. The highest BCUT2D eigenvalue weighted by Crippen LogP contribution is 2.32. The molecular formula is C19H33N5O6. The molecule has 0 saturated carbocycles. The zero-order chi connectivity index (χ0) is 22.8. The molecule has 2 saturated heterocycles. The van der Waals surface area contributed by atoms with Gasteiger partial charge < -0.3 is 30.7 Å². The van der Waals surface area contributed by atoms with E-state index >= 15 is 0 Å². The van der Waals surface area contributed by atoms with Gasteiger partial charge in [-0.25, -0.2) is 19.3 Å². The molecule has 170 valence electrons. The third-order valence-corrected chi connectivity index (χ3v) is 4.79. The van der Waals surface area contributed by atoms with Crippen LogP contribution in [0.5, 0.6) is 0 Å². The number of rotatable bonds is 7. The van der Waals surface area contributed by atoms with E-state index in [1.807, 2.05) is 13.8 Å². The van der Waals surface area contributed by atoms with Crippen molar-refractivity contribution in [1.29, 1.82) is 0 Å². The number of piperazine rings is 1. The van der Waals surface area contributed by atoms with Crippen LogP contribution in [0.1, 0.15) is 33.6 Å². The van der Waals surface area contributed by atoms with Crippen LogP contribution in [0, 0.1) is 5.92 Å². The summed E-state index contributed by atoms with van der Waals surface area (Å²) in [5, 5.41) is 12.3. The molecule has 11 nitrogen and oxygen atoms in total. The van der Waals surface area contributed by atoms with Crippen LogP contribution in [0.15, 0.2) is 12.4 Å². The molecule has 2 fully saturated rings. The van der Waals surface area contributed by atoms with E-state index in [0.717, 1.165) is 4.90 Å². The monoisotopic (exact) mass is 427 g/mol. The number of amides is 4. The van der Waals surface area contributed by atoms with Crippen molar-refractivity contribution in [3.63, 3.8) is 0 Å². The molecule has 2 heterocycles. The van der Waals surface area contributed by atoms with Crippen LogP contribution in [0.4, 0.5) is 9.59 Å². The van der Waals surface area contributed by atoms with Crippen molar-refractivity contribution in [2.24, 2.45) is 11.7 Å². The van der Waals surface area contributed by atoms with Gasteiger partial charge in [-0.05, 0) is 19.8 Å². The molecule has 0 aliphatic carbocycles. The number of β-lactam (4-membered cyclic amide) rings is 1. The average Bonchev–Trinajstić information content (AvgIpc) is 2.72. The van der Waals surface area contributed by atoms with E-state index in [0.29, 0.717) is 25.2 Å². The summed E-state index contributed by atoms with van der Waals surface area (Å²) < 4.78 is 4.92. The Kier molecular flexibility index (Phi) is 9.93. The van der Waals surface area contributed by atoms with E-state index in [1.54, 1.807) is 6.92 Å². The highest BCUT2D eigenvalue weighted by Gasteiger charge is 2.55. The first-order valence-corrected chi connectivity index (χ1v) is 10.2. The molecule has 4 amide bonds. The molecule has 2 rings (SSSR count). The predicted molar refractivity (Wildman–Crippen MR) is 109 cm³/mol. The molecule has 2 aliphatic rings. The Hall–Kier alpha value is -2.98. The summed E-state index contributed by atoms with van der Waals surface area (Å²) in [5.74, 6) is -2.14. The first-order valence-electron chi connectivity index (χ1n) is 10.2. The second-order valence-electron chi connectivity index (χ2n) is 6.65. The highest BCUT2D eigenvalue weighted by molar-refractivity contribution is 6.07. The number of urea groups is 1. The molecule has 0 bridgehead atoms. The fourth-order valence-electron chi connectivity index (χ4n) is 3.34. The third-order valence-electron chi connectivity index (χ3n) is 4.79. The number of hydrogen-bond acceptors (Lipinski definition) is 7. The second-order valence-corrected chi connectivity index (χ2v) is 6.65. The lowest BCUT2D eigenvalue weighted by atomic mass is 9.83. The minimum atomic E-state index is -1.21. The van der Waals surface area contributed by atoms with Crippen molar-refractivity contribution in [3.05, 3.63) is 12.4 Å². The van der Waals surface area contributed by atoms with Crippen LogP contribution >= 0.6 is 0 Å². The maximum atomic E-state index is 12.7. The molecule has 0 radical (unpaired) electrons. The van der Waals surface area contributed by atoms with Crippen LogP contribution in [0.2, 0.25) is 0 Å². The van der Waals surface area contributed by atoms with Crippen molar-refractivity contribution >= 4 is 24.0 Å². The van der Waals surface area contributed by atoms with E-state index in [9.17, 15) is 24.3 Å². The standard InChI is InChI=1S/C17H27N5O6.C2H6/c1-3-28-17(27)21-9-7-20(8-10-21)16(26)22-13(15(24)25)12(14(22)23)5-4-6-19-11(2)18;1-2/h12-13,19H,2-10,18H2,1H3,(H,24,25);1-2H3/t12-,13?;/m1./s1. The Morgan fingerprint density at radius 3 is 2.27 bits per heavy atom. The van der Waals surface area contributed by atoms with Gasteiger partial charge in [-0.1, -0.05) is 20.4 Å². The number of imide groups is 1. The topological polar surface area (TPSA) is 146 Å². The van der Waals surface area contributed by atoms with Gasteiger partial charge >= 0.3 is 18.1 Å². The number of carbonyl (C=O) groups excluding carboxylic acids is 3. The number of aliphatic carboxylic acids is 1. The van der Waals surface area contributed by atoms with E-state index in [-0.39, 0.29) is 32.8 Å². The number of hydrogen-bond donors (Lipinski definition) is 3. The summed E-state index contributed by atoms with van der Waals surface area (Å²) in [6, 6.07) is -1.81. The number of nitrogens with two attached hydrogens (primary N) is 1. The lowest BCUT2D eigenvalue weighted by Gasteiger charge is -2.46. The minimum absolute atomic E-state index is 0.209. The third kappa shape index (κ3) is 6.01. The van der Waals surface area contributed by atoms with Crippen LogP contribution in [0.3, 0.4) is 0 Å². The summed E-state index contributed by atoms with van der Waals surface area (Å²) in [5.41, 5.74) is 5.39. The maximum absolute atomic E-state index is 12.7. The molecule has 2 atom stereocenters. The van der Waals surface area contributed by atoms with Crippen molar-refractivity contribution in [2.45, 2.75) is 39.7 Å². The average molecular weight is 428 g/mol. The summed E-state index contributed by atoms with van der Waals surface area (Å²) >= 11 is 0. The molecule has 2 aliphatic heterocycles. The predicted octanol–water partition coefficient (Wildman–Crippen LogP) is 0.618. The van der Waals surface area contributed by atoms with Crippen LogP contribution < -0.4 is 11.1 Å². The van der Waals surface area contributed by atoms with Crippen LogP contribution in [-0.4, -0.2) is 89.2 Å². The highest BCUT2D eigenvalue weighted by atomic mass is 16.6. The summed E-state index contributed by atoms with van der Waals surface area (Å²) in [7, 11) is 0. The van der Waals surface area contributed by atoms with Gasteiger partial charge in [-0.3, -0.25) is 4.79 Å². The van der Waals surface area contributed by atoms with Crippen molar-refractivity contribution in [2.75, 3.05) is 39.3 Å². The van der Waals surface area contributed by atoms with Crippen molar-refractivity contribution < 1.29 is 29.0 Å². The second kappa shape index (κ2) is 11.9. The van der Waals surface area contributed by atoms with Crippen LogP contribution in [-0.2, 0) is 14.3 Å². The Morgan fingerprint density at radius 1 is 1.20 bits per heavy atom. The quantitative estimate of drug-likeness (QED) is 0.396. The molecular weight excluding hydrogens is 394 g/mol. The number of ether oxygens (including phenoxy) is 1. The number of carbonyl (C=O) groups is 4. The summed E-state index contributed by atoms with van der Waals surface area (Å²) in [6.45, 7) is 10.9. The molecule has 1 unspecified atom stereocenters. The lowest BCUT2D eigenvalue weighted by molar-refractivity contribution is -0.167. The number of likely N-dealkylation sites (tertiary alicyclic amines) is 1. The van der Waals surface area contributed by atoms with E-state index in [2.05, 4.69) is 11.9 Å². The van der Waals surface area contributed by atoms with Gasteiger partial charge in [-0.2, -0.15) is 0 Å². The lowest BCUT2D eigenvalue weighted by Crippen LogP contribution is -2.69. The first-order chi connectivity index (χ1) is 14.3. The van der Waals surface area contributed by atoms with E-state index < -0.39 is 36.0 Å². The minimum Gasteiger partial charge on any atom is -0.480 e. The SMILES string of the molecule is C=C(N)NCCC[C@H]1C(=O)N(C(=O)N2CCN(C(=O)OCC)CC2)C1C(=O)O.CC. The van der Waals surface area contributed by atoms with Crippen molar-refractivity contribution in [3.8, 4) is 0 Å². The van der Waals surface area contributed by atoms with Gasteiger partial charge in [0.15, 0.2) is 6.04 Å². The maximum Gasteiger partial charge on any atom is 0.409 e. The summed E-state index contributed by atoms with van der Waals surface area (Å²) in [4.78, 5) is 52.1. The van der Waals surface area contributed by atoms with Crippen LogP contribution in [0.25, 0.3) is 0 Å². The number of nitrogens with zero attached hydrogens (tertiary/aromatic N) is 3. The Morgan fingerprint density at radius 2 is 1.77 bits per heavy atom. The Bertz CT molecular complexity index is 647. The fraction of sp³-hybridized carbons (Fsp3) is 0.684.